The van der Waals surface area contributed by atoms with Crippen LogP contribution in [-0.2, 0) is 20.8 Å². The van der Waals surface area contributed by atoms with Crippen LogP contribution in [0.25, 0.3) is 6.08 Å². The Labute approximate surface area is 193 Å². The molecule has 7 heteroatoms. The fourth-order valence-corrected chi connectivity index (χ4v) is 4.42. The maximum atomic E-state index is 14.3. The third kappa shape index (κ3) is 5.42. The van der Waals surface area contributed by atoms with Gasteiger partial charge in [-0.1, -0.05) is 36.8 Å². The monoisotopic (exact) mass is 452 g/mol. The second kappa shape index (κ2) is 10.6. The van der Waals surface area contributed by atoms with E-state index in [2.05, 4.69) is 5.32 Å². The number of hydrogen-bond donors (Lipinski definition) is 1. The standard InChI is InChI=1S/C26H29FN2O4/c1-32-15-14-28-25(30)19-12-10-18(11-13-19)16-24-26(31)29(17-20-6-2-3-7-21(20)27)22-8-4-5-9-23(22)33-24/h2-3,6-7,10-13,16,22-23H,4-5,8-9,14-15,17H2,1H3,(H,28,30)/b24-16-. The largest absolute Gasteiger partial charge is 0.482 e. The van der Waals surface area contributed by atoms with Crippen molar-refractivity contribution in [1.82, 2.24) is 10.2 Å². The van der Waals surface area contributed by atoms with Crippen LogP contribution in [0.1, 0.15) is 47.2 Å². The molecule has 33 heavy (non-hydrogen) atoms. The summed E-state index contributed by atoms with van der Waals surface area (Å²) in [5.41, 5.74) is 1.78. The fourth-order valence-electron chi connectivity index (χ4n) is 4.42. The number of nitrogens with one attached hydrogen (secondary N) is 1. The molecule has 1 N–H and O–H groups in total. The van der Waals surface area contributed by atoms with E-state index >= 15 is 0 Å². The van der Waals surface area contributed by atoms with Gasteiger partial charge in [0.2, 0.25) is 0 Å². The number of carbonyl (C=O) groups is 2. The molecule has 1 aliphatic heterocycles. The second-order valence-electron chi connectivity index (χ2n) is 8.41. The van der Waals surface area contributed by atoms with E-state index < -0.39 is 0 Å². The summed E-state index contributed by atoms with van der Waals surface area (Å²) in [7, 11) is 1.58. The Hall–Kier alpha value is -3.19. The van der Waals surface area contributed by atoms with Crippen LogP contribution in [0.2, 0.25) is 0 Å². The summed E-state index contributed by atoms with van der Waals surface area (Å²) in [5, 5.41) is 2.78. The van der Waals surface area contributed by atoms with Crippen LogP contribution in [0.5, 0.6) is 0 Å². The lowest BCUT2D eigenvalue weighted by Gasteiger charge is -2.44. The minimum absolute atomic E-state index is 0.0545. The van der Waals surface area contributed by atoms with Crippen LogP contribution in [0.4, 0.5) is 4.39 Å². The summed E-state index contributed by atoms with van der Waals surface area (Å²) in [6, 6.07) is 13.5. The molecule has 1 aliphatic carbocycles. The van der Waals surface area contributed by atoms with E-state index in [9.17, 15) is 14.0 Å². The van der Waals surface area contributed by atoms with Crippen LogP contribution in [0.3, 0.4) is 0 Å². The highest BCUT2D eigenvalue weighted by molar-refractivity contribution is 5.97. The van der Waals surface area contributed by atoms with E-state index in [1.54, 1.807) is 60.6 Å². The number of rotatable bonds is 7. The molecule has 0 bridgehead atoms. The Kier molecular flexibility index (Phi) is 7.40. The number of halogens is 1. The molecule has 1 heterocycles. The second-order valence-corrected chi connectivity index (χ2v) is 8.41. The quantitative estimate of drug-likeness (QED) is 0.511. The van der Waals surface area contributed by atoms with Gasteiger partial charge in [0.1, 0.15) is 11.9 Å². The van der Waals surface area contributed by atoms with Gasteiger partial charge in [-0.2, -0.15) is 0 Å². The van der Waals surface area contributed by atoms with Gasteiger partial charge in [-0.05, 0) is 49.1 Å². The van der Waals surface area contributed by atoms with Gasteiger partial charge in [0, 0.05) is 31.3 Å². The normalized spacial score (nSPS) is 21.5. The molecule has 2 unspecified atom stereocenters. The van der Waals surface area contributed by atoms with Gasteiger partial charge in [0.25, 0.3) is 11.8 Å². The highest BCUT2D eigenvalue weighted by Gasteiger charge is 2.41. The van der Waals surface area contributed by atoms with Crippen molar-refractivity contribution in [2.75, 3.05) is 20.3 Å². The Morgan fingerprint density at radius 1 is 1.18 bits per heavy atom. The van der Waals surface area contributed by atoms with Crippen molar-refractivity contribution in [3.63, 3.8) is 0 Å². The third-order valence-corrected chi connectivity index (χ3v) is 6.18. The van der Waals surface area contributed by atoms with Crippen molar-refractivity contribution in [1.29, 1.82) is 0 Å². The summed E-state index contributed by atoms with van der Waals surface area (Å²) < 4.78 is 25.4. The lowest BCUT2D eigenvalue weighted by molar-refractivity contribution is -0.149. The van der Waals surface area contributed by atoms with Crippen molar-refractivity contribution in [2.24, 2.45) is 0 Å². The molecule has 0 aromatic heterocycles. The summed E-state index contributed by atoms with van der Waals surface area (Å²) in [5.74, 6) is -0.471. The van der Waals surface area contributed by atoms with Crippen molar-refractivity contribution >= 4 is 17.9 Å². The lowest BCUT2D eigenvalue weighted by Crippen LogP contribution is -2.54. The summed E-state index contributed by atoms with van der Waals surface area (Å²) in [4.78, 5) is 27.3. The zero-order valence-corrected chi connectivity index (χ0v) is 18.8. The molecule has 2 aromatic carbocycles. The number of carbonyl (C=O) groups excluding carboxylic acids is 2. The van der Waals surface area contributed by atoms with E-state index in [-0.39, 0.29) is 42.1 Å². The molecule has 2 amide bonds. The third-order valence-electron chi connectivity index (χ3n) is 6.18. The van der Waals surface area contributed by atoms with Crippen LogP contribution in [-0.4, -0.2) is 49.1 Å². The van der Waals surface area contributed by atoms with E-state index in [1.165, 1.54) is 6.07 Å². The number of benzene rings is 2. The first-order valence-electron chi connectivity index (χ1n) is 11.4. The molecule has 0 radical (unpaired) electrons. The molecular formula is C26H29FN2O4. The molecule has 174 valence electrons. The molecule has 2 aliphatic rings. The minimum atomic E-state index is -0.311. The van der Waals surface area contributed by atoms with Crippen molar-refractivity contribution < 1.29 is 23.5 Å². The Balaban J connectivity index is 1.53. The smallest absolute Gasteiger partial charge is 0.289 e. The molecule has 1 saturated carbocycles. The fraction of sp³-hybridized carbons (Fsp3) is 0.385. The van der Waals surface area contributed by atoms with Crippen LogP contribution in [0, 0.1) is 5.82 Å². The average molecular weight is 453 g/mol. The van der Waals surface area contributed by atoms with Crippen molar-refractivity contribution in [3.05, 3.63) is 76.8 Å². The SMILES string of the molecule is COCCNC(=O)c1ccc(/C=C2\OC3CCCCC3N(Cc3ccccc3F)C2=O)cc1. The molecule has 4 rings (SSSR count). The van der Waals surface area contributed by atoms with Gasteiger partial charge in [-0.25, -0.2) is 4.39 Å². The summed E-state index contributed by atoms with van der Waals surface area (Å²) in [6.07, 6.45) is 5.39. The van der Waals surface area contributed by atoms with Gasteiger partial charge in [-0.3, -0.25) is 9.59 Å². The predicted molar refractivity (Wildman–Crippen MR) is 123 cm³/mol. The van der Waals surface area contributed by atoms with Gasteiger partial charge < -0.3 is 19.7 Å². The first kappa shape index (κ1) is 23.0. The first-order chi connectivity index (χ1) is 16.1. The highest BCUT2D eigenvalue weighted by atomic mass is 19.1. The first-order valence-corrected chi connectivity index (χ1v) is 11.4. The minimum Gasteiger partial charge on any atom is -0.482 e. The number of amides is 2. The predicted octanol–water partition coefficient (Wildman–Crippen LogP) is 3.91. The maximum absolute atomic E-state index is 14.3. The van der Waals surface area contributed by atoms with Crippen LogP contribution in [0.15, 0.2) is 54.3 Å². The number of fused-ring (bicyclic) bond motifs is 1. The Morgan fingerprint density at radius 2 is 1.94 bits per heavy atom. The molecule has 1 saturated heterocycles. The molecular weight excluding hydrogens is 423 g/mol. The Morgan fingerprint density at radius 3 is 2.70 bits per heavy atom. The Bertz CT molecular complexity index is 1020. The summed E-state index contributed by atoms with van der Waals surface area (Å²) in [6.45, 7) is 1.10. The average Bonchev–Trinajstić information content (AvgIpc) is 2.83. The van der Waals surface area contributed by atoms with E-state index in [4.69, 9.17) is 9.47 Å². The van der Waals surface area contributed by atoms with E-state index in [0.717, 1.165) is 31.2 Å². The topological polar surface area (TPSA) is 67.9 Å². The molecule has 0 spiro atoms. The number of ether oxygens (including phenoxy) is 2. The molecule has 2 aromatic rings. The molecule has 2 atom stereocenters. The van der Waals surface area contributed by atoms with Crippen LogP contribution >= 0.6 is 0 Å². The molecule has 2 fully saturated rings. The van der Waals surface area contributed by atoms with Crippen molar-refractivity contribution in [3.8, 4) is 0 Å². The van der Waals surface area contributed by atoms with Gasteiger partial charge in [0.15, 0.2) is 5.76 Å². The number of morpholine rings is 1. The zero-order chi connectivity index (χ0) is 23.2. The van der Waals surface area contributed by atoms with Gasteiger partial charge in [0.05, 0.1) is 12.6 Å². The zero-order valence-electron chi connectivity index (χ0n) is 18.8. The van der Waals surface area contributed by atoms with Gasteiger partial charge >= 0.3 is 0 Å². The number of nitrogens with zero attached hydrogens (tertiary/aromatic N) is 1. The lowest BCUT2D eigenvalue weighted by atomic mass is 9.89. The van der Waals surface area contributed by atoms with E-state index in [0.29, 0.717) is 24.3 Å². The maximum Gasteiger partial charge on any atom is 0.289 e. The van der Waals surface area contributed by atoms with E-state index in [1.807, 2.05) is 0 Å². The molecule has 6 nitrogen and oxygen atoms in total. The number of methoxy groups -OCH3 is 1. The summed E-state index contributed by atoms with van der Waals surface area (Å²) >= 11 is 0. The highest BCUT2D eigenvalue weighted by Crippen LogP contribution is 2.34. The number of hydrogen-bond acceptors (Lipinski definition) is 4. The van der Waals surface area contributed by atoms with Crippen molar-refractivity contribution in [2.45, 2.75) is 44.4 Å². The van der Waals surface area contributed by atoms with Crippen LogP contribution < -0.4 is 5.32 Å². The van der Waals surface area contributed by atoms with Gasteiger partial charge in [-0.15, -0.1) is 0 Å².